The third-order valence-corrected chi connectivity index (χ3v) is 3.97. The molecular weight excluding hydrogens is 330 g/mol. The topological polar surface area (TPSA) is 78.4 Å². The molecule has 124 valence electrons. The Kier molecular flexibility index (Phi) is 4.90. The molecule has 1 aromatic carbocycles. The summed E-state index contributed by atoms with van der Waals surface area (Å²) in [6, 6.07) is 8.83. The molecule has 1 fully saturated rings. The summed E-state index contributed by atoms with van der Waals surface area (Å²) in [7, 11) is 0. The number of nitrogens with one attached hydrogen (secondary N) is 1. The van der Waals surface area contributed by atoms with Crippen LogP contribution in [0.15, 0.2) is 36.7 Å². The second-order valence-corrected chi connectivity index (χ2v) is 5.79. The number of amides is 2. The number of aromatic nitrogens is 2. The third kappa shape index (κ3) is 3.80. The zero-order chi connectivity index (χ0) is 16.9. The normalized spacial score (nSPS) is 14.4. The van der Waals surface area contributed by atoms with E-state index < -0.39 is 0 Å². The summed E-state index contributed by atoms with van der Waals surface area (Å²) in [5.74, 6) is 0.347. The van der Waals surface area contributed by atoms with E-state index in [2.05, 4.69) is 15.3 Å². The number of carbonyl (C=O) groups is 2. The minimum Gasteiger partial charge on any atom is -0.342 e. The number of hydrogen-bond donors (Lipinski definition) is 1. The number of carbonyl (C=O) groups excluding carboxylic acids is 2. The van der Waals surface area contributed by atoms with E-state index >= 15 is 0 Å². The van der Waals surface area contributed by atoms with E-state index in [1.807, 2.05) is 12.1 Å². The molecule has 0 spiro atoms. The molecule has 0 saturated carbocycles. The summed E-state index contributed by atoms with van der Waals surface area (Å²) in [5.41, 5.74) is 1.09. The van der Waals surface area contributed by atoms with Gasteiger partial charge in [-0.05, 0) is 18.2 Å². The Morgan fingerprint density at radius 3 is 2.67 bits per heavy atom. The molecule has 8 heteroatoms. The van der Waals surface area contributed by atoms with Crippen LogP contribution in [0.4, 0.5) is 11.5 Å². The zero-order valence-electron chi connectivity index (χ0n) is 12.9. The molecule has 1 aromatic heterocycles. The van der Waals surface area contributed by atoms with E-state index in [4.69, 9.17) is 11.6 Å². The van der Waals surface area contributed by atoms with E-state index in [0.717, 1.165) is 12.1 Å². The van der Waals surface area contributed by atoms with Crippen molar-refractivity contribution in [2.45, 2.75) is 0 Å². The van der Waals surface area contributed by atoms with Crippen molar-refractivity contribution in [2.24, 2.45) is 0 Å². The quantitative estimate of drug-likeness (QED) is 0.855. The number of anilines is 2. The standard InChI is InChI=1S/C16H16ClN5O2/c17-12-2-1-3-13(8-12)20-15-9-14(18-10-19-15)16(24)22-6-4-21(11-23)5-7-22/h1-3,8-11H,4-7H2,(H,18,19,20). The average molecular weight is 346 g/mol. The van der Waals surface area contributed by atoms with Gasteiger partial charge in [-0.3, -0.25) is 9.59 Å². The number of piperazine rings is 1. The van der Waals surface area contributed by atoms with Gasteiger partial charge in [-0.15, -0.1) is 0 Å². The molecule has 2 heterocycles. The molecule has 0 unspecified atom stereocenters. The monoisotopic (exact) mass is 345 g/mol. The number of nitrogens with zero attached hydrogens (tertiary/aromatic N) is 4. The third-order valence-electron chi connectivity index (χ3n) is 3.73. The summed E-state index contributed by atoms with van der Waals surface area (Å²) >= 11 is 5.96. The van der Waals surface area contributed by atoms with Crippen molar-refractivity contribution in [1.82, 2.24) is 19.8 Å². The molecule has 0 bridgehead atoms. The highest BCUT2D eigenvalue weighted by molar-refractivity contribution is 6.30. The van der Waals surface area contributed by atoms with Gasteiger partial charge in [0.1, 0.15) is 17.8 Å². The van der Waals surface area contributed by atoms with Crippen LogP contribution in [-0.4, -0.2) is 58.3 Å². The fourth-order valence-corrected chi connectivity index (χ4v) is 2.64. The van der Waals surface area contributed by atoms with Gasteiger partial charge < -0.3 is 15.1 Å². The zero-order valence-corrected chi connectivity index (χ0v) is 13.6. The van der Waals surface area contributed by atoms with E-state index in [1.54, 1.807) is 28.0 Å². The van der Waals surface area contributed by atoms with Gasteiger partial charge in [-0.25, -0.2) is 9.97 Å². The molecule has 2 amide bonds. The first-order valence-corrected chi connectivity index (χ1v) is 7.87. The summed E-state index contributed by atoms with van der Waals surface area (Å²) < 4.78 is 0. The van der Waals surface area contributed by atoms with Crippen LogP contribution >= 0.6 is 11.6 Å². The lowest BCUT2D eigenvalue weighted by Gasteiger charge is -2.32. The largest absolute Gasteiger partial charge is 0.342 e. The van der Waals surface area contributed by atoms with Gasteiger partial charge in [-0.2, -0.15) is 0 Å². The van der Waals surface area contributed by atoms with Crippen molar-refractivity contribution in [3.63, 3.8) is 0 Å². The molecule has 0 aliphatic carbocycles. The van der Waals surface area contributed by atoms with Gasteiger partial charge in [0.05, 0.1) is 0 Å². The van der Waals surface area contributed by atoms with Crippen molar-refractivity contribution in [1.29, 1.82) is 0 Å². The lowest BCUT2D eigenvalue weighted by Crippen LogP contribution is -2.48. The minimum absolute atomic E-state index is 0.169. The molecule has 1 N–H and O–H groups in total. The Hall–Kier alpha value is -2.67. The predicted molar refractivity (Wildman–Crippen MR) is 90.3 cm³/mol. The second-order valence-electron chi connectivity index (χ2n) is 5.36. The van der Waals surface area contributed by atoms with Crippen LogP contribution in [0.2, 0.25) is 5.02 Å². The van der Waals surface area contributed by atoms with E-state index in [9.17, 15) is 9.59 Å². The molecule has 1 aliphatic heterocycles. The Labute approximate surface area is 144 Å². The van der Waals surface area contributed by atoms with Crippen LogP contribution in [0.5, 0.6) is 0 Å². The molecule has 2 aromatic rings. The van der Waals surface area contributed by atoms with Crippen molar-refractivity contribution >= 4 is 35.4 Å². The number of benzene rings is 1. The van der Waals surface area contributed by atoms with Crippen molar-refractivity contribution < 1.29 is 9.59 Å². The van der Waals surface area contributed by atoms with Gasteiger partial charge >= 0.3 is 0 Å². The van der Waals surface area contributed by atoms with E-state index in [0.29, 0.717) is 42.7 Å². The van der Waals surface area contributed by atoms with E-state index in [-0.39, 0.29) is 5.91 Å². The minimum atomic E-state index is -0.169. The highest BCUT2D eigenvalue weighted by Crippen LogP contribution is 2.19. The molecule has 24 heavy (non-hydrogen) atoms. The number of halogens is 1. The predicted octanol–water partition coefficient (Wildman–Crippen LogP) is 1.79. The first-order valence-electron chi connectivity index (χ1n) is 7.49. The maximum atomic E-state index is 12.5. The lowest BCUT2D eigenvalue weighted by atomic mass is 10.2. The fourth-order valence-electron chi connectivity index (χ4n) is 2.45. The number of rotatable bonds is 4. The van der Waals surface area contributed by atoms with E-state index in [1.165, 1.54) is 6.33 Å². The van der Waals surface area contributed by atoms with Gasteiger partial charge in [-0.1, -0.05) is 17.7 Å². The number of hydrogen-bond acceptors (Lipinski definition) is 5. The smallest absolute Gasteiger partial charge is 0.272 e. The summed E-state index contributed by atoms with van der Waals surface area (Å²) in [4.78, 5) is 34.8. The maximum absolute atomic E-state index is 12.5. The highest BCUT2D eigenvalue weighted by atomic mass is 35.5. The Balaban J connectivity index is 1.71. The average Bonchev–Trinajstić information content (AvgIpc) is 2.61. The van der Waals surface area contributed by atoms with Crippen LogP contribution in [0, 0.1) is 0 Å². The molecular formula is C16H16ClN5O2. The molecule has 3 rings (SSSR count). The lowest BCUT2D eigenvalue weighted by molar-refractivity contribution is -0.119. The fraction of sp³-hybridized carbons (Fsp3) is 0.250. The van der Waals surface area contributed by atoms with Gasteiger partial charge in [0, 0.05) is 43.0 Å². The maximum Gasteiger partial charge on any atom is 0.272 e. The van der Waals surface area contributed by atoms with Crippen molar-refractivity contribution in [2.75, 3.05) is 31.5 Å². The first kappa shape index (κ1) is 16.2. The van der Waals surface area contributed by atoms with Crippen LogP contribution in [0.25, 0.3) is 0 Å². The molecule has 0 atom stereocenters. The van der Waals surface area contributed by atoms with Crippen molar-refractivity contribution in [3.05, 3.63) is 47.4 Å². The van der Waals surface area contributed by atoms with Crippen LogP contribution in [0.1, 0.15) is 10.5 Å². The highest BCUT2D eigenvalue weighted by Gasteiger charge is 2.22. The Morgan fingerprint density at radius 1 is 1.17 bits per heavy atom. The summed E-state index contributed by atoms with van der Waals surface area (Å²) in [6.45, 7) is 2.07. The van der Waals surface area contributed by atoms with Crippen LogP contribution < -0.4 is 5.32 Å². The Bertz CT molecular complexity index is 747. The SMILES string of the molecule is O=CN1CCN(C(=O)c2cc(Nc3cccc(Cl)c3)ncn2)CC1. The first-order chi connectivity index (χ1) is 11.7. The second kappa shape index (κ2) is 7.27. The van der Waals surface area contributed by atoms with Crippen LogP contribution in [-0.2, 0) is 4.79 Å². The van der Waals surface area contributed by atoms with Crippen molar-refractivity contribution in [3.8, 4) is 0 Å². The van der Waals surface area contributed by atoms with Gasteiger partial charge in [0.25, 0.3) is 5.91 Å². The molecule has 1 aliphatic rings. The van der Waals surface area contributed by atoms with Gasteiger partial charge in [0.15, 0.2) is 0 Å². The molecule has 1 saturated heterocycles. The Morgan fingerprint density at radius 2 is 1.96 bits per heavy atom. The molecule has 7 nitrogen and oxygen atoms in total. The molecule has 0 radical (unpaired) electrons. The summed E-state index contributed by atoms with van der Waals surface area (Å²) in [6.07, 6.45) is 2.15. The van der Waals surface area contributed by atoms with Gasteiger partial charge in [0.2, 0.25) is 6.41 Å². The summed E-state index contributed by atoms with van der Waals surface area (Å²) in [5, 5.41) is 3.71. The van der Waals surface area contributed by atoms with Crippen LogP contribution in [0.3, 0.4) is 0 Å².